The molecule has 0 aliphatic rings. The number of amides is 1. The number of nitrogens with one attached hydrogen (secondary N) is 1. The smallest absolute Gasteiger partial charge is 0.224 e. The molecule has 1 aromatic heterocycles. The molecule has 152 valence electrons. The van der Waals surface area contributed by atoms with Crippen molar-refractivity contribution in [2.45, 2.75) is 12.8 Å². The first-order valence-corrected chi connectivity index (χ1v) is 9.83. The molecule has 0 unspecified atom stereocenters. The molecule has 4 aromatic rings. The van der Waals surface area contributed by atoms with Crippen molar-refractivity contribution in [1.82, 2.24) is 4.98 Å². The molecule has 0 spiro atoms. The van der Waals surface area contributed by atoms with Gasteiger partial charge in [0.2, 0.25) is 5.91 Å². The third-order valence-corrected chi connectivity index (χ3v) is 4.52. The molecule has 1 heterocycles. The normalized spacial score (nSPS) is 10.2. The van der Waals surface area contributed by atoms with Gasteiger partial charge in [-0.3, -0.25) is 4.79 Å². The highest BCUT2D eigenvalue weighted by atomic mass is 19.1. The van der Waals surface area contributed by atoms with Crippen LogP contribution in [-0.4, -0.2) is 10.9 Å². The molecule has 0 saturated heterocycles. The maximum atomic E-state index is 13.0. The molecule has 4 rings (SSSR count). The molecule has 0 aliphatic heterocycles. The number of halogens is 1. The second-order valence-electron chi connectivity index (χ2n) is 6.87. The first kappa shape index (κ1) is 20.1. The molecule has 4 nitrogen and oxygen atoms in total. The van der Waals surface area contributed by atoms with Gasteiger partial charge < -0.3 is 9.73 Å². The molecule has 1 N–H and O–H groups in total. The minimum absolute atomic E-state index is 0.144. The summed E-state index contributed by atoms with van der Waals surface area (Å²) in [6, 6.07) is 23.1. The number of hydrogen-bond acceptors (Lipinski definition) is 3. The standard InChI is InChI=1S/C26H19FN2O2/c27-22-13-11-21(12-14-22)24-18-28-26(31-24)16-15-25(30)29-23-8-4-7-20(17-23)10-9-19-5-2-1-3-6-19/h1-8,11-14,17-18H,15-16H2,(H,29,30). The van der Waals surface area contributed by atoms with Crippen molar-refractivity contribution >= 4 is 11.6 Å². The van der Waals surface area contributed by atoms with Gasteiger partial charge in [0.05, 0.1) is 6.20 Å². The van der Waals surface area contributed by atoms with Crippen molar-refractivity contribution in [2.75, 3.05) is 5.32 Å². The fraction of sp³-hybridized carbons (Fsp3) is 0.0769. The molecule has 0 radical (unpaired) electrons. The van der Waals surface area contributed by atoms with Gasteiger partial charge in [-0.1, -0.05) is 36.1 Å². The number of aromatic nitrogens is 1. The van der Waals surface area contributed by atoms with Gasteiger partial charge in [0.15, 0.2) is 11.7 Å². The molecule has 0 bridgehead atoms. The Labute approximate surface area is 179 Å². The van der Waals surface area contributed by atoms with Crippen LogP contribution in [0.25, 0.3) is 11.3 Å². The first-order valence-electron chi connectivity index (χ1n) is 9.83. The summed E-state index contributed by atoms with van der Waals surface area (Å²) in [4.78, 5) is 16.5. The lowest BCUT2D eigenvalue weighted by Crippen LogP contribution is -2.12. The van der Waals surface area contributed by atoms with Crippen LogP contribution in [0.5, 0.6) is 0 Å². The van der Waals surface area contributed by atoms with E-state index in [9.17, 15) is 9.18 Å². The van der Waals surface area contributed by atoms with Crippen molar-refractivity contribution in [1.29, 1.82) is 0 Å². The number of carbonyl (C=O) groups excluding carboxylic acids is 1. The molecule has 0 fully saturated rings. The highest BCUT2D eigenvalue weighted by Crippen LogP contribution is 2.21. The monoisotopic (exact) mass is 410 g/mol. The number of aryl methyl sites for hydroxylation is 1. The van der Waals surface area contributed by atoms with E-state index in [0.29, 0.717) is 23.8 Å². The van der Waals surface area contributed by atoms with Crippen LogP contribution >= 0.6 is 0 Å². The van der Waals surface area contributed by atoms with Crippen LogP contribution in [0.4, 0.5) is 10.1 Å². The zero-order valence-electron chi connectivity index (χ0n) is 16.6. The highest BCUT2D eigenvalue weighted by molar-refractivity contribution is 5.91. The Morgan fingerprint density at radius 2 is 1.68 bits per heavy atom. The summed E-state index contributed by atoms with van der Waals surface area (Å²) in [5.74, 6) is 6.75. The summed E-state index contributed by atoms with van der Waals surface area (Å²) in [7, 11) is 0. The number of nitrogens with zero attached hydrogens (tertiary/aromatic N) is 1. The Kier molecular flexibility index (Phi) is 6.20. The maximum absolute atomic E-state index is 13.0. The molecule has 31 heavy (non-hydrogen) atoms. The molecule has 0 saturated carbocycles. The number of anilines is 1. The fourth-order valence-electron chi connectivity index (χ4n) is 2.96. The van der Waals surface area contributed by atoms with Crippen LogP contribution in [0.2, 0.25) is 0 Å². The van der Waals surface area contributed by atoms with E-state index in [1.165, 1.54) is 12.1 Å². The average molecular weight is 410 g/mol. The van der Waals surface area contributed by atoms with Gasteiger partial charge in [-0.15, -0.1) is 0 Å². The van der Waals surface area contributed by atoms with Crippen LogP contribution in [-0.2, 0) is 11.2 Å². The number of rotatable bonds is 5. The zero-order valence-corrected chi connectivity index (χ0v) is 16.6. The van der Waals surface area contributed by atoms with Crippen molar-refractivity contribution in [2.24, 2.45) is 0 Å². The molecule has 0 aliphatic carbocycles. The topological polar surface area (TPSA) is 55.1 Å². The number of hydrogen-bond donors (Lipinski definition) is 1. The minimum Gasteiger partial charge on any atom is -0.441 e. The number of benzene rings is 3. The second kappa shape index (κ2) is 9.55. The molecule has 3 aromatic carbocycles. The van der Waals surface area contributed by atoms with Crippen LogP contribution in [0.15, 0.2) is 89.5 Å². The third kappa shape index (κ3) is 5.68. The molecule has 1 amide bonds. The second-order valence-corrected chi connectivity index (χ2v) is 6.87. The van der Waals surface area contributed by atoms with Gasteiger partial charge >= 0.3 is 0 Å². The van der Waals surface area contributed by atoms with E-state index in [0.717, 1.165) is 16.7 Å². The van der Waals surface area contributed by atoms with Gasteiger partial charge in [-0.2, -0.15) is 0 Å². The van der Waals surface area contributed by atoms with Gasteiger partial charge in [0, 0.05) is 35.2 Å². The van der Waals surface area contributed by atoms with Gasteiger partial charge in [-0.25, -0.2) is 9.37 Å². The van der Waals surface area contributed by atoms with Crippen LogP contribution in [0, 0.1) is 17.7 Å². The summed E-state index contributed by atoms with van der Waals surface area (Å²) < 4.78 is 18.7. The number of carbonyl (C=O) groups is 1. The molecular formula is C26H19FN2O2. The largest absolute Gasteiger partial charge is 0.441 e. The Morgan fingerprint density at radius 3 is 2.48 bits per heavy atom. The van der Waals surface area contributed by atoms with Crippen molar-refractivity contribution in [3.63, 3.8) is 0 Å². The highest BCUT2D eigenvalue weighted by Gasteiger charge is 2.09. The first-order chi connectivity index (χ1) is 15.2. The van der Waals surface area contributed by atoms with E-state index in [2.05, 4.69) is 22.1 Å². The van der Waals surface area contributed by atoms with Gasteiger partial charge in [-0.05, 0) is 54.6 Å². The minimum atomic E-state index is -0.310. The Bertz CT molecular complexity index is 1240. The van der Waals surface area contributed by atoms with Crippen LogP contribution in [0.1, 0.15) is 23.4 Å². The summed E-state index contributed by atoms with van der Waals surface area (Å²) >= 11 is 0. The molecule has 0 atom stereocenters. The summed E-state index contributed by atoms with van der Waals surface area (Å²) in [5.41, 5.74) is 3.17. The lowest BCUT2D eigenvalue weighted by molar-refractivity contribution is -0.116. The fourth-order valence-corrected chi connectivity index (χ4v) is 2.96. The predicted molar refractivity (Wildman–Crippen MR) is 118 cm³/mol. The van der Waals surface area contributed by atoms with Gasteiger partial charge in [0.25, 0.3) is 0 Å². The van der Waals surface area contributed by atoms with E-state index in [1.807, 2.05) is 54.6 Å². The van der Waals surface area contributed by atoms with E-state index >= 15 is 0 Å². The van der Waals surface area contributed by atoms with E-state index in [1.54, 1.807) is 18.3 Å². The maximum Gasteiger partial charge on any atom is 0.224 e. The lowest BCUT2D eigenvalue weighted by Gasteiger charge is -2.04. The van der Waals surface area contributed by atoms with Crippen molar-refractivity contribution in [3.05, 3.63) is 108 Å². The van der Waals surface area contributed by atoms with E-state index < -0.39 is 0 Å². The summed E-state index contributed by atoms with van der Waals surface area (Å²) in [6.45, 7) is 0. The molecular weight excluding hydrogens is 391 g/mol. The average Bonchev–Trinajstić information content (AvgIpc) is 3.27. The van der Waals surface area contributed by atoms with E-state index in [-0.39, 0.29) is 18.1 Å². The quantitative estimate of drug-likeness (QED) is 0.445. The lowest BCUT2D eigenvalue weighted by atomic mass is 10.1. The van der Waals surface area contributed by atoms with Crippen LogP contribution < -0.4 is 5.32 Å². The SMILES string of the molecule is O=C(CCc1ncc(-c2ccc(F)cc2)o1)Nc1cccc(C#Cc2ccccc2)c1. The third-order valence-electron chi connectivity index (χ3n) is 4.52. The number of oxazole rings is 1. The zero-order chi connectivity index (χ0) is 21.5. The Hall–Kier alpha value is -4.17. The predicted octanol–water partition coefficient (Wildman–Crippen LogP) is 5.45. The van der Waals surface area contributed by atoms with E-state index in [4.69, 9.17) is 4.42 Å². The summed E-state index contributed by atoms with van der Waals surface area (Å²) in [6.07, 6.45) is 2.17. The van der Waals surface area contributed by atoms with Crippen molar-refractivity contribution < 1.29 is 13.6 Å². The summed E-state index contributed by atoms with van der Waals surface area (Å²) in [5, 5.41) is 2.88. The van der Waals surface area contributed by atoms with Gasteiger partial charge in [0.1, 0.15) is 5.82 Å². The van der Waals surface area contributed by atoms with Crippen LogP contribution in [0.3, 0.4) is 0 Å². The Morgan fingerprint density at radius 1 is 0.935 bits per heavy atom. The molecule has 5 heteroatoms. The van der Waals surface area contributed by atoms with Crippen molar-refractivity contribution in [3.8, 4) is 23.2 Å². The Balaban J connectivity index is 1.33.